The van der Waals surface area contributed by atoms with E-state index >= 15 is 0 Å². The first-order chi connectivity index (χ1) is 8.84. The minimum Gasteiger partial charge on any atom is -0.267 e. The molecule has 0 bridgehead atoms. The summed E-state index contributed by atoms with van der Waals surface area (Å²) in [5.41, 5.74) is 2.94. The number of hydrogen-bond donors (Lipinski definition) is 0. The molecule has 3 heterocycles. The number of rotatable bonds is 0. The van der Waals surface area contributed by atoms with E-state index in [1.54, 1.807) is 18.5 Å². The van der Waals surface area contributed by atoms with E-state index in [-0.39, 0.29) is 5.91 Å². The number of amides is 1. The van der Waals surface area contributed by atoms with E-state index in [0.29, 0.717) is 16.6 Å². The number of aromatic nitrogens is 2. The summed E-state index contributed by atoms with van der Waals surface area (Å²) in [6.45, 7) is 0. The van der Waals surface area contributed by atoms with Crippen molar-refractivity contribution in [1.29, 1.82) is 0 Å². The Bertz CT molecular complexity index is 850. The van der Waals surface area contributed by atoms with Gasteiger partial charge < -0.3 is 0 Å². The van der Waals surface area contributed by atoms with Crippen LogP contribution in [0, 0.1) is 0 Å². The lowest BCUT2D eigenvalue weighted by atomic mass is 10.1. The van der Waals surface area contributed by atoms with Gasteiger partial charge in [0.2, 0.25) is 0 Å². The van der Waals surface area contributed by atoms with Crippen molar-refractivity contribution >= 4 is 23.6 Å². The van der Waals surface area contributed by atoms with Gasteiger partial charge in [-0.3, -0.25) is 14.8 Å². The molecule has 0 saturated heterocycles. The second-order valence-corrected chi connectivity index (χ2v) is 4.16. The van der Waals surface area contributed by atoms with Crippen LogP contribution in [0.1, 0.15) is 17.0 Å². The summed E-state index contributed by atoms with van der Waals surface area (Å²) in [4.78, 5) is 24.7. The van der Waals surface area contributed by atoms with Gasteiger partial charge in [-0.05, 0) is 18.2 Å². The van der Waals surface area contributed by atoms with E-state index in [4.69, 9.17) is 0 Å². The molecule has 0 N–H and O–H groups in total. The average Bonchev–Trinajstić information content (AvgIpc) is 2.63. The van der Waals surface area contributed by atoms with Crippen LogP contribution in [0.2, 0.25) is 0 Å². The summed E-state index contributed by atoms with van der Waals surface area (Å²) < 4.78 is 0. The van der Waals surface area contributed by atoms with E-state index in [1.807, 2.05) is 24.3 Å². The second kappa shape index (κ2) is 3.20. The highest BCUT2D eigenvalue weighted by molar-refractivity contribution is 6.21. The molecule has 4 nitrogen and oxygen atoms in total. The molecule has 4 heteroatoms. The molecule has 0 saturated carbocycles. The summed E-state index contributed by atoms with van der Waals surface area (Å²) in [5.74, 6) is -0.233. The smallest absolute Gasteiger partial charge is 0.267 e. The number of nitrogens with zero attached hydrogens (tertiary/aromatic N) is 3. The third-order valence-corrected chi connectivity index (χ3v) is 3.14. The molecule has 0 unspecified atom stereocenters. The summed E-state index contributed by atoms with van der Waals surface area (Å²) in [5, 5.41) is 1.49. The Morgan fingerprint density at radius 3 is 2.89 bits per heavy atom. The number of pyridine rings is 2. The Labute approximate surface area is 102 Å². The molecular formula is C14H7N3O. The quantitative estimate of drug-likeness (QED) is 0.658. The normalized spacial score (nSPS) is 14.9. The molecule has 4 rings (SSSR count). The third kappa shape index (κ3) is 1.09. The van der Waals surface area contributed by atoms with Gasteiger partial charge in [0.1, 0.15) is 0 Å². The fourth-order valence-electron chi connectivity index (χ4n) is 2.36. The van der Waals surface area contributed by atoms with Gasteiger partial charge in [0.25, 0.3) is 5.91 Å². The van der Waals surface area contributed by atoms with E-state index in [1.165, 1.54) is 0 Å². The number of carbonyl (C=O) groups excluding carboxylic acids is 1. The Morgan fingerprint density at radius 1 is 1.00 bits per heavy atom. The Morgan fingerprint density at radius 2 is 1.94 bits per heavy atom. The topological polar surface area (TPSA) is 55.2 Å². The summed E-state index contributed by atoms with van der Waals surface area (Å²) in [6, 6.07) is 5.54. The molecule has 0 spiro atoms. The molecule has 2 aliphatic rings. The van der Waals surface area contributed by atoms with E-state index in [0.717, 1.165) is 16.5 Å². The van der Waals surface area contributed by atoms with Gasteiger partial charge in [-0.25, -0.2) is 4.99 Å². The fraction of sp³-hybridized carbons (Fsp3) is 0. The predicted molar refractivity (Wildman–Crippen MR) is 65.7 cm³/mol. The molecule has 84 valence electrons. The standard InChI is InChI=1S/C14H7N3O/c18-14-12-11-9(15-7-5-10(11)17-14)4-3-8-2-1-6-16-13(8)12/h1-7H. The van der Waals surface area contributed by atoms with Gasteiger partial charge in [-0.15, -0.1) is 0 Å². The van der Waals surface area contributed by atoms with Crippen molar-refractivity contribution in [3.05, 3.63) is 58.1 Å². The van der Waals surface area contributed by atoms with Crippen molar-refractivity contribution in [2.75, 3.05) is 0 Å². The SMILES string of the molecule is O=C1N=c2ccnc3c2=C1c1ncccc1C=C3. The van der Waals surface area contributed by atoms with Gasteiger partial charge >= 0.3 is 0 Å². The molecule has 0 aromatic carbocycles. The molecule has 0 radical (unpaired) electrons. The minimum absolute atomic E-state index is 0.233. The van der Waals surface area contributed by atoms with Crippen LogP contribution in [0.3, 0.4) is 0 Å². The maximum atomic E-state index is 12.1. The van der Waals surface area contributed by atoms with Crippen LogP contribution in [0.25, 0.3) is 17.7 Å². The van der Waals surface area contributed by atoms with Gasteiger partial charge in [0, 0.05) is 23.2 Å². The van der Waals surface area contributed by atoms with Gasteiger partial charge in [-0.2, -0.15) is 0 Å². The monoisotopic (exact) mass is 233 g/mol. The predicted octanol–water partition coefficient (Wildman–Crippen LogP) is 0.319. The molecule has 0 atom stereocenters. The van der Waals surface area contributed by atoms with Crippen LogP contribution in [0.5, 0.6) is 0 Å². The summed E-state index contributed by atoms with van der Waals surface area (Å²) in [6.07, 6.45) is 7.19. The highest BCUT2D eigenvalue weighted by Crippen LogP contribution is 2.21. The Hall–Kier alpha value is -2.62. The van der Waals surface area contributed by atoms with Gasteiger partial charge in [0.05, 0.1) is 22.3 Å². The molecule has 1 aliphatic carbocycles. The van der Waals surface area contributed by atoms with E-state index in [2.05, 4.69) is 15.0 Å². The van der Waals surface area contributed by atoms with Crippen molar-refractivity contribution in [1.82, 2.24) is 9.97 Å². The lowest BCUT2D eigenvalue weighted by Crippen LogP contribution is -2.27. The van der Waals surface area contributed by atoms with Crippen LogP contribution in [0.4, 0.5) is 0 Å². The lowest BCUT2D eigenvalue weighted by Gasteiger charge is -2.02. The number of carbonyl (C=O) groups is 1. The second-order valence-electron chi connectivity index (χ2n) is 4.16. The van der Waals surface area contributed by atoms with E-state index < -0.39 is 0 Å². The van der Waals surface area contributed by atoms with Crippen molar-refractivity contribution < 1.29 is 4.79 Å². The van der Waals surface area contributed by atoms with Crippen molar-refractivity contribution in [3.8, 4) is 0 Å². The van der Waals surface area contributed by atoms with Crippen LogP contribution in [-0.4, -0.2) is 15.9 Å². The first-order valence-electron chi connectivity index (χ1n) is 5.60. The largest absolute Gasteiger partial charge is 0.280 e. The first kappa shape index (κ1) is 9.41. The molecule has 1 aliphatic heterocycles. The zero-order valence-corrected chi connectivity index (χ0v) is 9.29. The van der Waals surface area contributed by atoms with Gasteiger partial charge in [0.15, 0.2) is 0 Å². The molecular weight excluding hydrogens is 226 g/mol. The van der Waals surface area contributed by atoms with Crippen LogP contribution in [0.15, 0.2) is 35.6 Å². The average molecular weight is 233 g/mol. The van der Waals surface area contributed by atoms with Crippen LogP contribution < -0.4 is 10.6 Å². The highest BCUT2D eigenvalue weighted by atomic mass is 16.1. The molecule has 2 aromatic heterocycles. The number of fused-ring (bicyclic) bond motifs is 2. The first-order valence-corrected chi connectivity index (χ1v) is 5.60. The van der Waals surface area contributed by atoms with E-state index in [9.17, 15) is 4.79 Å². The molecule has 2 aromatic rings. The fourth-order valence-corrected chi connectivity index (χ4v) is 2.36. The van der Waals surface area contributed by atoms with Crippen molar-refractivity contribution in [2.24, 2.45) is 4.99 Å². The van der Waals surface area contributed by atoms with Crippen molar-refractivity contribution in [2.45, 2.75) is 0 Å². The zero-order valence-electron chi connectivity index (χ0n) is 9.29. The molecule has 0 fully saturated rings. The summed E-state index contributed by atoms with van der Waals surface area (Å²) >= 11 is 0. The summed E-state index contributed by atoms with van der Waals surface area (Å²) in [7, 11) is 0. The minimum atomic E-state index is -0.233. The highest BCUT2D eigenvalue weighted by Gasteiger charge is 2.24. The zero-order chi connectivity index (χ0) is 12.1. The maximum Gasteiger partial charge on any atom is 0.280 e. The van der Waals surface area contributed by atoms with Gasteiger partial charge in [-0.1, -0.05) is 12.1 Å². The molecule has 18 heavy (non-hydrogen) atoms. The number of hydrogen-bond acceptors (Lipinski definition) is 3. The van der Waals surface area contributed by atoms with Crippen LogP contribution in [-0.2, 0) is 4.79 Å². The Balaban J connectivity index is 2.29. The Kier molecular flexibility index (Phi) is 1.67. The third-order valence-electron chi connectivity index (χ3n) is 3.14. The van der Waals surface area contributed by atoms with Crippen LogP contribution >= 0.6 is 0 Å². The van der Waals surface area contributed by atoms with Crippen molar-refractivity contribution in [3.63, 3.8) is 0 Å². The maximum absolute atomic E-state index is 12.1. The lowest BCUT2D eigenvalue weighted by molar-refractivity contribution is -0.112. The molecule has 1 amide bonds.